The molecule has 464 valence electrons. The molecule has 0 rings (SSSR count). The van der Waals surface area contributed by atoms with Gasteiger partial charge in [-0.25, -0.2) is 4.79 Å². The molecule has 2 unspecified atom stereocenters. The van der Waals surface area contributed by atoms with Gasteiger partial charge in [0.1, 0.15) is 13.2 Å². The molecule has 0 spiro atoms. The SMILES string of the molecule is CC/C=C\C/C=C\C/C=C\C/C=C\C/C=C\C/C=C\CCCCCCC(=O)OC(COC(=O)CCCCCCCCCCCCCCCCCCCCCCCCCCCCCCCCCC)COC(OCC[N+](C)(C)C)C(=O)O. The van der Waals surface area contributed by atoms with Crippen LogP contribution in [0.15, 0.2) is 72.9 Å². The van der Waals surface area contributed by atoms with E-state index in [9.17, 15) is 19.5 Å². The van der Waals surface area contributed by atoms with Crippen LogP contribution < -0.4 is 0 Å². The molecule has 0 aliphatic heterocycles. The van der Waals surface area contributed by atoms with E-state index in [0.29, 0.717) is 23.9 Å². The maximum atomic E-state index is 12.9. The van der Waals surface area contributed by atoms with Gasteiger partial charge in [0.15, 0.2) is 6.10 Å². The molecular weight excluding hydrogens is 995 g/mol. The highest BCUT2D eigenvalue weighted by Gasteiger charge is 2.25. The van der Waals surface area contributed by atoms with Crippen LogP contribution in [0.5, 0.6) is 0 Å². The van der Waals surface area contributed by atoms with Gasteiger partial charge in [-0.05, 0) is 64.2 Å². The summed E-state index contributed by atoms with van der Waals surface area (Å²) < 4.78 is 22.9. The Labute approximate surface area is 494 Å². The summed E-state index contributed by atoms with van der Waals surface area (Å²) in [5, 5.41) is 9.73. The van der Waals surface area contributed by atoms with Crippen LogP contribution in [-0.2, 0) is 33.3 Å². The molecule has 0 saturated carbocycles. The van der Waals surface area contributed by atoms with Crippen LogP contribution in [0.2, 0.25) is 0 Å². The van der Waals surface area contributed by atoms with E-state index >= 15 is 0 Å². The monoisotopic (exact) mass is 1120 g/mol. The number of hydrogen-bond donors (Lipinski definition) is 1. The average Bonchev–Trinajstić information content (AvgIpc) is 3.43. The minimum Gasteiger partial charge on any atom is -0.477 e. The fourth-order valence-electron chi connectivity index (χ4n) is 9.61. The van der Waals surface area contributed by atoms with Crippen molar-refractivity contribution in [1.29, 1.82) is 0 Å². The minimum absolute atomic E-state index is 0.180. The number of allylic oxidation sites excluding steroid dienone is 12. The van der Waals surface area contributed by atoms with Crippen molar-refractivity contribution in [3.8, 4) is 0 Å². The van der Waals surface area contributed by atoms with E-state index in [1.54, 1.807) is 0 Å². The molecule has 0 saturated heterocycles. The van der Waals surface area contributed by atoms with E-state index in [1.807, 2.05) is 21.1 Å². The van der Waals surface area contributed by atoms with Crippen molar-refractivity contribution < 1.29 is 42.9 Å². The molecule has 0 radical (unpaired) electrons. The number of carboxylic acids is 1. The van der Waals surface area contributed by atoms with Crippen molar-refractivity contribution in [1.82, 2.24) is 0 Å². The van der Waals surface area contributed by atoms with Gasteiger partial charge in [0.05, 0.1) is 34.4 Å². The van der Waals surface area contributed by atoms with Crippen LogP contribution in [0.4, 0.5) is 0 Å². The summed E-state index contributed by atoms with van der Waals surface area (Å²) in [6, 6.07) is 0. The smallest absolute Gasteiger partial charge is 0.361 e. The van der Waals surface area contributed by atoms with Crippen LogP contribution in [0.3, 0.4) is 0 Å². The summed E-state index contributed by atoms with van der Waals surface area (Å²) in [6.07, 6.45) is 78.8. The highest BCUT2D eigenvalue weighted by Crippen LogP contribution is 2.18. The summed E-state index contributed by atoms with van der Waals surface area (Å²) in [5.74, 6) is -2.03. The molecule has 0 aromatic carbocycles. The zero-order valence-corrected chi connectivity index (χ0v) is 53.0. The van der Waals surface area contributed by atoms with Crippen LogP contribution in [0.1, 0.15) is 303 Å². The number of hydrogen-bond acceptors (Lipinski definition) is 7. The lowest BCUT2D eigenvalue weighted by atomic mass is 10.0. The number of carbonyl (C=O) groups excluding carboxylic acids is 2. The summed E-state index contributed by atoms with van der Waals surface area (Å²) in [5.41, 5.74) is 0. The third kappa shape index (κ3) is 62.3. The second-order valence-corrected chi connectivity index (χ2v) is 23.8. The van der Waals surface area contributed by atoms with Crippen molar-refractivity contribution >= 4 is 17.9 Å². The maximum absolute atomic E-state index is 12.9. The molecule has 2 atom stereocenters. The molecule has 9 heteroatoms. The van der Waals surface area contributed by atoms with E-state index in [0.717, 1.165) is 83.5 Å². The number of ether oxygens (including phenoxy) is 4. The lowest BCUT2D eigenvalue weighted by Crippen LogP contribution is -2.40. The third-order valence-electron chi connectivity index (χ3n) is 14.7. The number of aliphatic carboxylic acids is 1. The summed E-state index contributed by atoms with van der Waals surface area (Å²) >= 11 is 0. The Morgan fingerprint density at radius 3 is 1.06 bits per heavy atom. The van der Waals surface area contributed by atoms with Gasteiger partial charge in [-0.15, -0.1) is 0 Å². The van der Waals surface area contributed by atoms with E-state index < -0.39 is 24.3 Å². The molecule has 0 aliphatic rings. The Morgan fingerprint density at radius 2 is 0.713 bits per heavy atom. The van der Waals surface area contributed by atoms with E-state index in [4.69, 9.17) is 18.9 Å². The molecular formula is C71H128NO8+. The lowest BCUT2D eigenvalue weighted by molar-refractivity contribution is -0.870. The molecule has 0 aromatic heterocycles. The average molecular weight is 1120 g/mol. The number of carbonyl (C=O) groups is 3. The van der Waals surface area contributed by atoms with Crippen LogP contribution in [0.25, 0.3) is 0 Å². The normalized spacial score (nSPS) is 13.2. The highest BCUT2D eigenvalue weighted by molar-refractivity contribution is 5.71. The summed E-state index contributed by atoms with van der Waals surface area (Å²) in [4.78, 5) is 37.5. The van der Waals surface area contributed by atoms with Gasteiger partial charge in [0, 0.05) is 12.8 Å². The largest absolute Gasteiger partial charge is 0.477 e. The van der Waals surface area contributed by atoms with Gasteiger partial charge in [-0.1, -0.05) is 299 Å². The first kappa shape index (κ1) is 76.7. The highest BCUT2D eigenvalue weighted by atomic mass is 16.7. The number of rotatable bonds is 62. The first-order chi connectivity index (χ1) is 39.1. The summed E-state index contributed by atoms with van der Waals surface area (Å²) in [7, 11) is 5.97. The van der Waals surface area contributed by atoms with Crippen molar-refractivity contribution in [2.24, 2.45) is 0 Å². The molecule has 80 heavy (non-hydrogen) atoms. The standard InChI is InChI=1S/C71H127NO8/c1-6-8-10-12-14-16-18-20-22-24-26-28-30-31-32-33-34-35-36-37-38-40-41-43-45-47-49-51-53-55-57-59-61-68(73)78-65-67(66-79-71(70(75)76)77-64-63-72(3,4)5)80-69(74)62-60-58-56-54-52-50-48-46-44-42-39-29-27-25-23-21-19-17-15-13-11-9-7-2/h9,11,15,17,21,23,27,29,42,44,48,50,67,71H,6-8,10,12-14,16,18-20,22,24-26,28,30-41,43,45-47,49,51-66H2,1-5H3/p+1/b11-9-,17-15-,23-21-,29-27-,44-42-,50-48-. The lowest BCUT2D eigenvalue weighted by Gasteiger charge is -2.25. The van der Waals surface area contributed by atoms with E-state index in [2.05, 4.69) is 86.8 Å². The first-order valence-corrected chi connectivity index (χ1v) is 33.6. The minimum atomic E-state index is -1.52. The number of likely N-dealkylation sites (N-methyl/N-ethyl adjacent to an activating group) is 1. The van der Waals surface area contributed by atoms with Gasteiger partial charge < -0.3 is 28.5 Å². The quantitative estimate of drug-likeness (QED) is 0.0211. The fraction of sp³-hybridized carbons (Fsp3) is 0.789. The predicted octanol–water partition coefficient (Wildman–Crippen LogP) is 20.5. The van der Waals surface area contributed by atoms with Crippen molar-refractivity contribution in [3.63, 3.8) is 0 Å². The third-order valence-corrected chi connectivity index (χ3v) is 14.7. The second-order valence-electron chi connectivity index (χ2n) is 23.8. The molecule has 9 nitrogen and oxygen atoms in total. The molecule has 0 aromatic rings. The van der Waals surface area contributed by atoms with Gasteiger partial charge in [-0.3, -0.25) is 9.59 Å². The zero-order valence-electron chi connectivity index (χ0n) is 53.0. The van der Waals surface area contributed by atoms with Crippen LogP contribution >= 0.6 is 0 Å². The number of nitrogens with zero attached hydrogens (tertiary/aromatic N) is 1. The molecule has 0 fully saturated rings. The number of unbranched alkanes of at least 4 members (excludes halogenated alkanes) is 35. The Morgan fingerprint density at radius 1 is 0.388 bits per heavy atom. The van der Waals surface area contributed by atoms with E-state index in [1.165, 1.54) is 186 Å². The van der Waals surface area contributed by atoms with Crippen molar-refractivity contribution in [3.05, 3.63) is 72.9 Å². The van der Waals surface area contributed by atoms with Gasteiger partial charge in [0.25, 0.3) is 6.29 Å². The number of esters is 2. The first-order valence-electron chi connectivity index (χ1n) is 33.6. The van der Waals surface area contributed by atoms with Crippen molar-refractivity contribution in [2.45, 2.75) is 315 Å². The molecule has 1 N–H and O–H groups in total. The molecule has 0 aliphatic carbocycles. The van der Waals surface area contributed by atoms with Crippen molar-refractivity contribution in [2.75, 3.05) is 47.5 Å². The van der Waals surface area contributed by atoms with Crippen LogP contribution in [0, 0.1) is 0 Å². The van der Waals surface area contributed by atoms with Gasteiger partial charge in [-0.2, -0.15) is 0 Å². The van der Waals surface area contributed by atoms with Gasteiger partial charge in [0.2, 0.25) is 0 Å². The zero-order chi connectivity index (χ0) is 58.3. The summed E-state index contributed by atoms with van der Waals surface area (Å²) in [6.45, 7) is 4.77. The number of quaternary nitrogens is 1. The second kappa shape index (κ2) is 61.8. The van der Waals surface area contributed by atoms with Crippen LogP contribution in [-0.4, -0.2) is 87.4 Å². The molecule has 0 amide bonds. The predicted molar refractivity (Wildman–Crippen MR) is 341 cm³/mol. The maximum Gasteiger partial charge on any atom is 0.361 e. The number of carboxylic acid groups (broad SMARTS) is 1. The van der Waals surface area contributed by atoms with E-state index in [-0.39, 0.29) is 32.2 Å². The Balaban J connectivity index is 4.12. The Kier molecular flexibility index (Phi) is 59.3. The Bertz CT molecular complexity index is 1540. The fourth-order valence-corrected chi connectivity index (χ4v) is 9.61. The topological polar surface area (TPSA) is 108 Å². The molecule has 0 heterocycles. The van der Waals surface area contributed by atoms with Gasteiger partial charge >= 0.3 is 17.9 Å². The molecule has 0 bridgehead atoms. The Hall–Kier alpha value is -3.27.